The molecule has 188 valence electrons. The number of hydrogen-bond acceptors (Lipinski definition) is 8. The summed E-state index contributed by atoms with van der Waals surface area (Å²) in [5.74, 6) is 1.07. The van der Waals surface area contributed by atoms with Crippen LogP contribution >= 0.6 is 33.9 Å². The van der Waals surface area contributed by atoms with Crippen LogP contribution in [0.4, 0.5) is 0 Å². The molecule has 5 rings (SSSR count). The van der Waals surface area contributed by atoms with Gasteiger partial charge in [-0.15, -0.1) is 21.5 Å². The molecule has 5 aromatic rings. The monoisotopic (exact) mass is 625 g/mol. The normalized spacial score (nSPS) is 12.9. The third kappa shape index (κ3) is 5.80. The molecule has 2 aromatic carbocycles. The zero-order valence-electron chi connectivity index (χ0n) is 20.5. The first-order valence-corrected chi connectivity index (χ1v) is 13.5. The highest BCUT2D eigenvalue weighted by atomic mass is 127. The highest BCUT2D eigenvalue weighted by Gasteiger charge is 2.30. The molecule has 1 amide bonds. The topological polar surface area (TPSA) is 98.2 Å². The minimum Gasteiger partial charge on any atom is -0.445 e. The number of amides is 1. The van der Waals surface area contributed by atoms with Gasteiger partial charge >= 0.3 is 0 Å². The van der Waals surface area contributed by atoms with E-state index in [1.807, 2.05) is 37.4 Å². The number of alkyl halides is 1. The van der Waals surface area contributed by atoms with Gasteiger partial charge in [0.2, 0.25) is 17.7 Å². The molecule has 0 fully saturated rings. The number of nitrogens with zero attached hydrogens (tertiary/aromatic N) is 5. The van der Waals surface area contributed by atoms with Crippen molar-refractivity contribution in [2.75, 3.05) is 7.05 Å². The number of hydrogen-bond donors (Lipinski definition) is 0. The maximum absolute atomic E-state index is 13.4. The lowest BCUT2D eigenvalue weighted by Crippen LogP contribution is -2.26. The largest absolute Gasteiger partial charge is 0.445 e. The smallest absolute Gasteiger partial charge is 0.254 e. The first-order valence-electron chi connectivity index (χ1n) is 11.6. The lowest BCUT2D eigenvalue weighted by molar-refractivity contribution is 0.0785. The molecular weight excluding hydrogens is 601 g/mol. The number of carbonyl (C=O) groups excluding carboxylic acids is 1. The van der Waals surface area contributed by atoms with Gasteiger partial charge in [-0.1, -0.05) is 52.9 Å². The van der Waals surface area contributed by atoms with Gasteiger partial charge in [0.25, 0.3) is 5.91 Å². The number of carbonyl (C=O) groups is 1. The number of aromatic nitrogens is 4. The Morgan fingerprint density at radius 1 is 1.08 bits per heavy atom. The van der Waals surface area contributed by atoms with E-state index in [4.69, 9.17) is 8.83 Å². The van der Waals surface area contributed by atoms with Crippen molar-refractivity contribution in [1.82, 2.24) is 25.1 Å². The quantitative estimate of drug-likeness (QED) is 0.147. The molecule has 0 unspecified atom stereocenters. The van der Waals surface area contributed by atoms with Gasteiger partial charge in [0, 0.05) is 34.8 Å². The van der Waals surface area contributed by atoms with E-state index in [-0.39, 0.29) is 5.91 Å². The van der Waals surface area contributed by atoms with Gasteiger partial charge in [0.1, 0.15) is 14.7 Å². The van der Waals surface area contributed by atoms with Crippen LogP contribution in [-0.2, 0) is 16.4 Å². The molecule has 0 aliphatic carbocycles. The minimum absolute atomic E-state index is 0.162. The van der Waals surface area contributed by atoms with Gasteiger partial charge in [-0.25, -0.2) is 9.97 Å². The van der Waals surface area contributed by atoms with E-state index in [2.05, 4.69) is 61.8 Å². The highest BCUT2D eigenvalue weighted by Crippen LogP contribution is 2.36. The van der Waals surface area contributed by atoms with Gasteiger partial charge < -0.3 is 13.7 Å². The minimum atomic E-state index is -0.407. The highest BCUT2D eigenvalue weighted by molar-refractivity contribution is 14.1. The summed E-state index contributed by atoms with van der Waals surface area (Å²) < 4.78 is 11.3. The van der Waals surface area contributed by atoms with Crippen LogP contribution in [0.15, 0.2) is 76.0 Å². The molecule has 37 heavy (non-hydrogen) atoms. The number of rotatable bonds is 8. The molecule has 8 nitrogen and oxygen atoms in total. The summed E-state index contributed by atoms with van der Waals surface area (Å²) in [6.45, 7) is 4.47. The van der Waals surface area contributed by atoms with Crippen LogP contribution < -0.4 is 0 Å². The lowest BCUT2D eigenvalue weighted by Gasteiger charge is -2.18. The van der Waals surface area contributed by atoms with Crippen molar-refractivity contribution >= 4 is 39.8 Å². The number of halogens is 1. The van der Waals surface area contributed by atoms with Crippen molar-refractivity contribution in [1.29, 1.82) is 0 Å². The van der Waals surface area contributed by atoms with Crippen LogP contribution in [0.3, 0.4) is 0 Å². The predicted molar refractivity (Wildman–Crippen MR) is 149 cm³/mol. The van der Waals surface area contributed by atoms with Crippen molar-refractivity contribution in [3.05, 3.63) is 94.1 Å². The molecule has 1 atom stereocenters. The van der Waals surface area contributed by atoms with E-state index in [1.54, 1.807) is 41.6 Å². The van der Waals surface area contributed by atoms with Gasteiger partial charge in [-0.3, -0.25) is 4.79 Å². The summed E-state index contributed by atoms with van der Waals surface area (Å²) in [7, 11) is 1.76. The van der Waals surface area contributed by atoms with Crippen molar-refractivity contribution in [3.63, 3.8) is 0 Å². The fourth-order valence-corrected chi connectivity index (χ4v) is 5.44. The van der Waals surface area contributed by atoms with Crippen molar-refractivity contribution in [2.45, 2.75) is 30.2 Å². The molecule has 0 N–H and O–H groups in total. The SMILES string of the molecule is Cc1cnc(CN(C)C(=O)c2cc(-c3ncco3)cc(-c3nnc([C@](C)(I)Cc4ccccc4)o3)c2)s1. The summed E-state index contributed by atoms with van der Waals surface area (Å²) in [6, 6.07) is 15.5. The van der Waals surface area contributed by atoms with E-state index in [9.17, 15) is 4.79 Å². The molecule has 0 aliphatic rings. The van der Waals surface area contributed by atoms with Crippen LogP contribution in [0.2, 0.25) is 0 Å². The third-order valence-electron chi connectivity index (χ3n) is 5.74. The third-order valence-corrected chi connectivity index (χ3v) is 7.48. The van der Waals surface area contributed by atoms with Crippen LogP contribution in [0.1, 0.15) is 38.6 Å². The zero-order chi connectivity index (χ0) is 26.0. The summed E-state index contributed by atoms with van der Waals surface area (Å²) in [5, 5.41) is 9.56. The van der Waals surface area contributed by atoms with E-state index >= 15 is 0 Å². The molecule has 0 radical (unpaired) electrons. The molecule has 0 spiro atoms. The number of benzene rings is 2. The molecular formula is C27H24IN5O3S. The average molecular weight is 625 g/mol. The summed E-state index contributed by atoms with van der Waals surface area (Å²) in [5.41, 5.74) is 2.90. The lowest BCUT2D eigenvalue weighted by atomic mass is 10.0. The fourth-order valence-electron chi connectivity index (χ4n) is 3.94. The second kappa shape index (κ2) is 10.5. The number of thiazole rings is 1. The van der Waals surface area contributed by atoms with Crippen LogP contribution in [0.25, 0.3) is 22.9 Å². The van der Waals surface area contributed by atoms with Gasteiger partial charge in [0.15, 0.2) is 0 Å². The van der Waals surface area contributed by atoms with Gasteiger partial charge in [-0.2, -0.15) is 0 Å². The van der Waals surface area contributed by atoms with E-state index in [0.717, 1.165) is 16.3 Å². The van der Waals surface area contributed by atoms with Crippen molar-refractivity contribution < 1.29 is 13.6 Å². The Morgan fingerprint density at radius 2 is 1.84 bits per heavy atom. The molecule has 10 heteroatoms. The Hall–Kier alpha value is -3.38. The Kier molecular flexibility index (Phi) is 7.20. The van der Waals surface area contributed by atoms with Crippen LogP contribution in [0, 0.1) is 6.92 Å². The molecule has 3 heterocycles. The summed E-state index contributed by atoms with van der Waals surface area (Å²) in [4.78, 5) is 24.8. The fraction of sp³-hybridized carbons (Fsp3) is 0.222. The maximum Gasteiger partial charge on any atom is 0.254 e. The van der Waals surface area contributed by atoms with Crippen LogP contribution in [-0.4, -0.2) is 38.0 Å². The number of oxazole rings is 1. The Balaban J connectivity index is 1.47. The van der Waals surface area contributed by atoms with Crippen molar-refractivity contribution in [3.8, 4) is 22.9 Å². The summed E-state index contributed by atoms with van der Waals surface area (Å²) >= 11 is 3.92. The molecule has 0 saturated carbocycles. The standard InChI is InChI=1S/C27H24IN5O3S/c1-17-15-30-22(37-17)16-33(3)25(34)21-12-19(23-29-9-10-35-23)11-20(13-21)24-31-32-26(36-24)27(2,28)14-18-7-5-4-6-8-18/h4-13,15H,14,16H2,1-3H3/t27-/m1/s1. The Labute approximate surface area is 231 Å². The number of aryl methyl sites for hydroxylation is 1. The Bertz CT molecular complexity index is 1510. The first-order chi connectivity index (χ1) is 17.8. The summed E-state index contributed by atoms with van der Waals surface area (Å²) in [6.07, 6.45) is 5.61. The molecule has 3 aromatic heterocycles. The molecule has 0 aliphatic heterocycles. The molecule has 0 bridgehead atoms. The zero-order valence-corrected chi connectivity index (χ0v) is 23.5. The van der Waals surface area contributed by atoms with Crippen molar-refractivity contribution in [2.24, 2.45) is 0 Å². The van der Waals surface area contributed by atoms with E-state index in [1.165, 1.54) is 11.8 Å². The first kappa shape index (κ1) is 25.3. The predicted octanol–water partition coefficient (Wildman–Crippen LogP) is 6.32. The second-order valence-electron chi connectivity index (χ2n) is 8.93. The average Bonchev–Trinajstić information content (AvgIpc) is 3.66. The van der Waals surface area contributed by atoms with E-state index < -0.39 is 3.42 Å². The van der Waals surface area contributed by atoms with Gasteiger partial charge in [0.05, 0.1) is 12.7 Å². The van der Waals surface area contributed by atoms with Crippen LogP contribution in [0.5, 0.6) is 0 Å². The van der Waals surface area contributed by atoms with E-state index in [0.29, 0.717) is 40.9 Å². The Morgan fingerprint density at radius 3 is 2.51 bits per heavy atom. The maximum atomic E-state index is 13.4. The molecule has 0 saturated heterocycles. The van der Waals surface area contributed by atoms with Gasteiger partial charge in [-0.05, 0) is 44.0 Å². The second-order valence-corrected chi connectivity index (χ2v) is 12.6.